The van der Waals surface area contributed by atoms with Crippen LogP contribution < -0.4 is 0 Å². The zero-order chi connectivity index (χ0) is 11.4. The summed E-state index contributed by atoms with van der Waals surface area (Å²) in [6.07, 6.45) is 2.17. The first-order chi connectivity index (χ1) is 7.04. The lowest BCUT2D eigenvalue weighted by Crippen LogP contribution is -2.07. The van der Waals surface area contributed by atoms with Gasteiger partial charge in [-0.1, -0.05) is 13.8 Å². The summed E-state index contributed by atoms with van der Waals surface area (Å²) in [5.74, 6) is -0.592. The topological polar surface area (TPSA) is 70.4 Å². The van der Waals surface area contributed by atoms with E-state index in [2.05, 4.69) is 4.98 Å². The van der Waals surface area contributed by atoms with Crippen molar-refractivity contribution in [2.75, 3.05) is 0 Å². The van der Waals surface area contributed by atoms with E-state index in [1.54, 1.807) is 0 Å². The Morgan fingerprint density at radius 1 is 1.53 bits per heavy atom. The fraction of sp³-hybridized carbons (Fsp3) is 0.455. The second-order valence-corrected chi connectivity index (χ2v) is 3.89. The van der Waals surface area contributed by atoms with Gasteiger partial charge in [0.2, 0.25) is 0 Å². The Kier molecular flexibility index (Phi) is 3.80. The van der Waals surface area contributed by atoms with Crippen molar-refractivity contribution in [3.05, 3.63) is 29.1 Å². The second kappa shape index (κ2) is 4.89. The van der Waals surface area contributed by atoms with Crippen LogP contribution in [0, 0.1) is 5.92 Å². The van der Waals surface area contributed by atoms with Gasteiger partial charge in [-0.05, 0) is 18.4 Å². The maximum absolute atomic E-state index is 10.9. The summed E-state index contributed by atoms with van der Waals surface area (Å²) in [7, 11) is 0. The van der Waals surface area contributed by atoms with E-state index in [0.29, 0.717) is 11.5 Å². The molecule has 4 nitrogen and oxygen atoms in total. The highest BCUT2D eigenvalue weighted by molar-refractivity contribution is 5.89. The summed E-state index contributed by atoms with van der Waals surface area (Å²) in [5.41, 5.74) is 1.25. The van der Waals surface area contributed by atoms with Gasteiger partial charge in [-0.2, -0.15) is 0 Å². The van der Waals surface area contributed by atoms with Gasteiger partial charge >= 0.3 is 5.97 Å². The largest absolute Gasteiger partial charge is 0.478 e. The van der Waals surface area contributed by atoms with E-state index in [0.717, 1.165) is 12.1 Å². The van der Waals surface area contributed by atoms with Crippen molar-refractivity contribution < 1.29 is 15.0 Å². The molecule has 0 aliphatic rings. The van der Waals surface area contributed by atoms with Gasteiger partial charge in [0.05, 0.1) is 12.2 Å². The molecular formula is C11H15NO3. The van der Waals surface area contributed by atoms with Gasteiger partial charge in [0.15, 0.2) is 0 Å². The lowest BCUT2D eigenvalue weighted by Gasteiger charge is -2.07. The number of aromatic nitrogens is 1. The van der Waals surface area contributed by atoms with Crippen LogP contribution in [0.3, 0.4) is 0 Å². The van der Waals surface area contributed by atoms with Crippen LogP contribution in [-0.2, 0) is 13.0 Å². The lowest BCUT2D eigenvalue weighted by atomic mass is 10.0. The van der Waals surface area contributed by atoms with Crippen molar-refractivity contribution in [2.45, 2.75) is 26.9 Å². The molecule has 1 aromatic rings. The van der Waals surface area contributed by atoms with Gasteiger partial charge in [0.25, 0.3) is 0 Å². The monoisotopic (exact) mass is 209 g/mol. The standard InChI is InChI=1S/C11H15NO3/c1-7(2)3-9-4-10(11(14)15)8(6-13)5-12-9/h4-5,7,13H,3,6H2,1-2H3,(H,14,15). The highest BCUT2D eigenvalue weighted by Crippen LogP contribution is 2.12. The van der Waals surface area contributed by atoms with Crippen molar-refractivity contribution in [1.29, 1.82) is 0 Å². The molecule has 0 aromatic carbocycles. The summed E-state index contributed by atoms with van der Waals surface area (Å²) in [6.45, 7) is 3.79. The van der Waals surface area contributed by atoms with E-state index >= 15 is 0 Å². The Labute approximate surface area is 88.6 Å². The third-order valence-corrected chi connectivity index (χ3v) is 2.06. The van der Waals surface area contributed by atoms with E-state index in [9.17, 15) is 4.79 Å². The quantitative estimate of drug-likeness (QED) is 0.787. The summed E-state index contributed by atoms with van der Waals surface area (Å²) < 4.78 is 0. The first-order valence-electron chi connectivity index (χ1n) is 4.86. The summed E-state index contributed by atoms with van der Waals surface area (Å²) >= 11 is 0. The first-order valence-corrected chi connectivity index (χ1v) is 4.86. The SMILES string of the molecule is CC(C)Cc1cc(C(=O)O)c(CO)cn1. The van der Waals surface area contributed by atoms with E-state index in [-0.39, 0.29) is 12.2 Å². The van der Waals surface area contributed by atoms with Crippen LogP contribution in [0.25, 0.3) is 0 Å². The average molecular weight is 209 g/mol. The number of pyridine rings is 1. The Morgan fingerprint density at radius 2 is 2.20 bits per heavy atom. The highest BCUT2D eigenvalue weighted by atomic mass is 16.4. The van der Waals surface area contributed by atoms with Crippen LogP contribution in [-0.4, -0.2) is 21.2 Å². The molecule has 0 saturated carbocycles. The second-order valence-electron chi connectivity index (χ2n) is 3.89. The maximum atomic E-state index is 10.9. The molecule has 1 aromatic heterocycles. The summed E-state index contributed by atoms with van der Waals surface area (Å²) in [4.78, 5) is 15.0. The van der Waals surface area contributed by atoms with E-state index in [1.165, 1.54) is 12.3 Å². The molecule has 0 bridgehead atoms. The third-order valence-electron chi connectivity index (χ3n) is 2.06. The molecule has 0 saturated heterocycles. The van der Waals surface area contributed by atoms with Gasteiger partial charge < -0.3 is 10.2 Å². The fourth-order valence-corrected chi connectivity index (χ4v) is 1.38. The van der Waals surface area contributed by atoms with Gasteiger partial charge in [-0.15, -0.1) is 0 Å². The molecule has 0 atom stereocenters. The number of aliphatic hydroxyl groups is 1. The van der Waals surface area contributed by atoms with E-state index < -0.39 is 5.97 Å². The smallest absolute Gasteiger partial charge is 0.336 e. The van der Waals surface area contributed by atoms with Crippen molar-refractivity contribution in [1.82, 2.24) is 4.98 Å². The fourth-order valence-electron chi connectivity index (χ4n) is 1.38. The highest BCUT2D eigenvalue weighted by Gasteiger charge is 2.11. The molecule has 0 fully saturated rings. The molecule has 1 rings (SSSR count). The number of carboxylic acids is 1. The molecule has 0 spiro atoms. The summed E-state index contributed by atoms with van der Waals surface area (Å²) in [6, 6.07) is 1.54. The molecule has 15 heavy (non-hydrogen) atoms. The molecule has 0 aliphatic carbocycles. The molecule has 2 N–H and O–H groups in total. The number of hydrogen-bond acceptors (Lipinski definition) is 3. The summed E-state index contributed by atoms with van der Waals surface area (Å²) in [5, 5.41) is 17.9. The molecule has 0 unspecified atom stereocenters. The van der Waals surface area contributed by atoms with Crippen LogP contribution >= 0.6 is 0 Å². The molecule has 0 amide bonds. The molecular weight excluding hydrogens is 194 g/mol. The Balaban J connectivity index is 3.05. The minimum Gasteiger partial charge on any atom is -0.478 e. The van der Waals surface area contributed by atoms with Crippen LogP contribution in [0.15, 0.2) is 12.3 Å². The predicted octanol–water partition coefficient (Wildman–Crippen LogP) is 1.47. The van der Waals surface area contributed by atoms with Gasteiger partial charge in [0.1, 0.15) is 0 Å². The van der Waals surface area contributed by atoms with Crippen LogP contribution in [0.2, 0.25) is 0 Å². The number of aromatic carboxylic acids is 1. The number of carbonyl (C=O) groups is 1. The molecule has 0 aliphatic heterocycles. The van der Waals surface area contributed by atoms with Gasteiger partial charge in [-0.25, -0.2) is 4.79 Å². The van der Waals surface area contributed by atoms with Crippen molar-refractivity contribution in [3.63, 3.8) is 0 Å². The molecule has 1 heterocycles. The Morgan fingerprint density at radius 3 is 2.67 bits per heavy atom. The number of aliphatic hydroxyl groups excluding tert-OH is 1. The van der Waals surface area contributed by atoms with Crippen molar-refractivity contribution in [2.24, 2.45) is 5.92 Å². The number of nitrogens with zero attached hydrogens (tertiary/aromatic N) is 1. The van der Waals surface area contributed by atoms with Gasteiger partial charge in [0, 0.05) is 17.5 Å². The number of carboxylic acid groups (broad SMARTS) is 1. The predicted molar refractivity (Wildman–Crippen MR) is 55.7 cm³/mol. The molecule has 0 radical (unpaired) electrons. The third kappa shape index (κ3) is 3.02. The molecule has 4 heteroatoms. The minimum atomic E-state index is -1.02. The van der Waals surface area contributed by atoms with E-state index in [4.69, 9.17) is 10.2 Å². The van der Waals surface area contributed by atoms with Crippen LogP contribution in [0.4, 0.5) is 0 Å². The minimum absolute atomic E-state index is 0.142. The lowest BCUT2D eigenvalue weighted by molar-refractivity contribution is 0.0693. The van der Waals surface area contributed by atoms with Crippen LogP contribution in [0.1, 0.15) is 35.5 Å². The average Bonchev–Trinajstić information content (AvgIpc) is 2.16. The maximum Gasteiger partial charge on any atom is 0.336 e. The van der Waals surface area contributed by atoms with Crippen LogP contribution in [0.5, 0.6) is 0 Å². The van der Waals surface area contributed by atoms with Crippen molar-refractivity contribution >= 4 is 5.97 Å². The van der Waals surface area contributed by atoms with E-state index in [1.807, 2.05) is 13.8 Å². The first kappa shape index (κ1) is 11.7. The molecule has 82 valence electrons. The number of rotatable bonds is 4. The Hall–Kier alpha value is -1.42. The zero-order valence-corrected chi connectivity index (χ0v) is 8.90. The number of hydrogen-bond donors (Lipinski definition) is 2. The normalized spacial score (nSPS) is 10.7. The zero-order valence-electron chi connectivity index (χ0n) is 8.90. The van der Waals surface area contributed by atoms with Gasteiger partial charge in [-0.3, -0.25) is 4.98 Å². The van der Waals surface area contributed by atoms with Crippen molar-refractivity contribution in [3.8, 4) is 0 Å². The Bertz CT molecular complexity index is 361.